The molecule has 4 rings (SSSR count). The van der Waals surface area contributed by atoms with Crippen LogP contribution in [0.1, 0.15) is 92.7 Å². The average molecular weight is 413 g/mol. The second kappa shape index (κ2) is 9.84. The van der Waals surface area contributed by atoms with Gasteiger partial charge in [-0.15, -0.1) is 0 Å². The van der Waals surface area contributed by atoms with Gasteiger partial charge < -0.3 is 5.73 Å². The second-order valence-electron chi connectivity index (χ2n) is 9.45. The minimum Gasteiger partial charge on any atom is -0.326 e. The Morgan fingerprint density at radius 1 is 1.13 bits per heavy atom. The van der Waals surface area contributed by atoms with Crippen LogP contribution in [0.4, 0.5) is 0 Å². The van der Waals surface area contributed by atoms with E-state index in [1.54, 1.807) is 0 Å². The Balaban J connectivity index is 1.92. The first kappa shape index (κ1) is 21.8. The van der Waals surface area contributed by atoms with E-state index in [2.05, 4.69) is 62.9 Å². The van der Waals surface area contributed by atoms with Crippen molar-refractivity contribution in [3.63, 3.8) is 0 Å². The summed E-state index contributed by atoms with van der Waals surface area (Å²) in [5, 5.41) is 0. The molecule has 0 radical (unpaired) electrons. The van der Waals surface area contributed by atoms with Crippen LogP contribution in [0.25, 0.3) is 11.1 Å². The molecule has 0 amide bonds. The molecule has 2 aromatic rings. The molecule has 1 fully saturated rings. The quantitative estimate of drug-likeness (QED) is 0.556. The Labute approximate surface area is 188 Å². The highest BCUT2D eigenvalue weighted by Gasteiger charge is 2.35. The Bertz CT molecular complexity index is 997. The number of hydrogen-bond acceptors (Lipinski definition) is 2. The van der Waals surface area contributed by atoms with Crippen LogP contribution in [0, 0.1) is 30.6 Å². The first-order valence-electron chi connectivity index (χ1n) is 12.1. The van der Waals surface area contributed by atoms with Gasteiger partial charge in [0.1, 0.15) is 0 Å². The molecule has 2 unspecified atom stereocenters. The zero-order chi connectivity index (χ0) is 21.8. The lowest BCUT2D eigenvalue weighted by atomic mass is 9.75. The van der Waals surface area contributed by atoms with Gasteiger partial charge >= 0.3 is 0 Å². The van der Waals surface area contributed by atoms with E-state index in [-0.39, 0.29) is 0 Å². The lowest BCUT2D eigenvalue weighted by Gasteiger charge is -2.29. The fourth-order valence-electron chi connectivity index (χ4n) is 5.53. The summed E-state index contributed by atoms with van der Waals surface area (Å²) in [6.45, 7) is 7.36. The van der Waals surface area contributed by atoms with E-state index in [9.17, 15) is 0 Å². The molecule has 1 aromatic heterocycles. The molecular weight excluding hydrogens is 376 g/mol. The second-order valence-corrected chi connectivity index (χ2v) is 9.45. The lowest BCUT2D eigenvalue weighted by Crippen LogP contribution is -2.19. The van der Waals surface area contributed by atoms with Crippen molar-refractivity contribution in [2.45, 2.75) is 78.2 Å². The summed E-state index contributed by atoms with van der Waals surface area (Å²) in [6, 6.07) is 11.3. The topological polar surface area (TPSA) is 38.9 Å². The number of nitrogens with zero attached hydrogens (tertiary/aromatic N) is 1. The molecule has 2 aliphatic carbocycles. The number of hydrogen-bond donors (Lipinski definition) is 1. The minimum atomic E-state index is 0.527. The average Bonchev–Trinajstić information content (AvgIpc) is 3.29. The van der Waals surface area contributed by atoms with Crippen LogP contribution in [0.3, 0.4) is 0 Å². The largest absolute Gasteiger partial charge is 0.326 e. The minimum absolute atomic E-state index is 0.527. The molecule has 0 aliphatic heterocycles. The van der Waals surface area contributed by atoms with Crippen LogP contribution in [-0.2, 0) is 6.54 Å². The molecule has 0 spiro atoms. The van der Waals surface area contributed by atoms with Crippen molar-refractivity contribution in [1.29, 1.82) is 0 Å². The zero-order valence-corrected chi connectivity index (χ0v) is 19.4. The summed E-state index contributed by atoms with van der Waals surface area (Å²) >= 11 is 0. The normalized spacial score (nSPS) is 21.4. The molecule has 0 bridgehead atoms. The number of aryl methyl sites for hydroxylation is 1. The van der Waals surface area contributed by atoms with Crippen LogP contribution in [-0.4, -0.2) is 4.98 Å². The van der Waals surface area contributed by atoms with Gasteiger partial charge in [0.2, 0.25) is 0 Å². The Kier molecular flexibility index (Phi) is 6.93. The van der Waals surface area contributed by atoms with Crippen LogP contribution < -0.4 is 5.73 Å². The highest BCUT2D eigenvalue weighted by molar-refractivity contribution is 5.99. The Hall–Kier alpha value is -2.37. The standard InChI is InChI=1S/C29H36N2/c1-4-5-6-11-25-27-16-20(2)12-14-24(27)21(3)26(23-9-7-8-10-23)17-28(25)29-15-13-22(18-30)19-31-29/h12-16,19,21,23,26H,4-5,7-10,17-18,30H2,1-3H3. The molecule has 2 heteroatoms. The number of rotatable bonds is 4. The highest BCUT2D eigenvalue weighted by Crippen LogP contribution is 2.49. The van der Waals surface area contributed by atoms with Crippen LogP contribution >= 0.6 is 0 Å². The van der Waals surface area contributed by atoms with Gasteiger partial charge in [0, 0.05) is 24.7 Å². The van der Waals surface area contributed by atoms with Crippen LogP contribution in [0.5, 0.6) is 0 Å². The van der Waals surface area contributed by atoms with Gasteiger partial charge in [0.15, 0.2) is 0 Å². The van der Waals surface area contributed by atoms with E-state index in [0.29, 0.717) is 18.4 Å². The first-order chi connectivity index (χ1) is 15.1. The lowest BCUT2D eigenvalue weighted by molar-refractivity contribution is 0.301. The van der Waals surface area contributed by atoms with Gasteiger partial charge in [-0.2, -0.15) is 0 Å². The number of unbranched alkanes of at least 4 members (excludes halogenated alkanes) is 1. The molecule has 1 saturated carbocycles. The van der Waals surface area contributed by atoms with Crippen LogP contribution in [0.15, 0.2) is 36.5 Å². The molecule has 2 atom stereocenters. The summed E-state index contributed by atoms with van der Waals surface area (Å²) in [6.07, 6.45) is 10.5. The third-order valence-corrected chi connectivity index (χ3v) is 7.32. The van der Waals surface area contributed by atoms with Crippen LogP contribution in [0.2, 0.25) is 0 Å². The number of benzene rings is 1. The molecule has 1 heterocycles. The number of allylic oxidation sites excluding steroid dienone is 2. The molecule has 2 nitrogen and oxygen atoms in total. The first-order valence-corrected chi connectivity index (χ1v) is 12.1. The molecule has 0 saturated heterocycles. The van der Waals surface area contributed by atoms with Crippen molar-refractivity contribution in [3.05, 3.63) is 64.5 Å². The third kappa shape index (κ3) is 4.63. The SMILES string of the molecule is CCCC#CC1=C(c2ccc(CN)cn2)CC(C2CCCC2)C(C)c2ccc(C)cc21. The maximum absolute atomic E-state index is 5.84. The summed E-state index contributed by atoms with van der Waals surface area (Å²) in [4.78, 5) is 4.87. The van der Waals surface area contributed by atoms with Crippen molar-refractivity contribution >= 4 is 11.1 Å². The maximum Gasteiger partial charge on any atom is 0.0674 e. The van der Waals surface area contributed by atoms with Crippen molar-refractivity contribution in [1.82, 2.24) is 4.98 Å². The van der Waals surface area contributed by atoms with E-state index in [4.69, 9.17) is 10.7 Å². The van der Waals surface area contributed by atoms with Gasteiger partial charge in [-0.3, -0.25) is 4.98 Å². The predicted octanol–water partition coefficient (Wildman–Crippen LogP) is 6.88. The Morgan fingerprint density at radius 3 is 2.61 bits per heavy atom. The van der Waals surface area contributed by atoms with E-state index in [0.717, 1.165) is 36.4 Å². The summed E-state index contributed by atoms with van der Waals surface area (Å²) in [7, 11) is 0. The van der Waals surface area contributed by atoms with Gasteiger partial charge in [0.05, 0.1) is 5.69 Å². The summed E-state index contributed by atoms with van der Waals surface area (Å²) in [5.74, 6) is 9.04. The van der Waals surface area contributed by atoms with Crippen molar-refractivity contribution in [2.24, 2.45) is 17.6 Å². The van der Waals surface area contributed by atoms with E-state index in [1.165, 1.54) is 53.5 Å². The maximum atomic E-state index is 5.84. The van der Waals surface area contributed by atoms with Gasteiger partial charge in [0.25, 0.3) is 0 Å². The number of pyridine rings is 1. The molecule has 2 aliphatic rings. The Morgan fingerprint density at radius 2 is 1.94 bits per heavy atom. The van der Waals surface area contributed by atoms with E-state index < -0.39 is 0 Å². The number of fused-ring (bicyclic) bond motifs is 1. The predicted molar refractivity (Wildman–Crippen MR) is 131 cm³/mol. The number of aromatic nitrogens is 1. The molecule has 31 heavy (non-hydrogen) atoms. The summed E-state index contributed by atoms with van der Waals surface area (Å²) < 4.78 is 0. The molecular formula is C29H36N2. The molecule has 162 valence electrons. The van der Waals surface area contributed by atoms with E-state index in [1.807, 2.05) is 6.20 Å². The smallest absolute Gasteiger partial charge is 0.0674 e. The number of nitrogens with two attached hydrogens (primary N) is 1. The van der Waals surface area contributed by atoms with Gasteiger partial charge in [-0.05, 0) is 65.8 Å². The van der Waals surface area contributed by atoms with Crippen molar-refractivity contribution in [3.8, 4) is 11.8 Å². The van der Waals surface area contributed by atoms with E-state index >= 15 is 0 Å². The van der Waals surface area contributed by atoms with Gasteiger partial charge in [-0.25, -0.2) is 0 Å². The third-order valence-electron chi connectivity index (χ3n) is 7.32. The fraction of sp³-hybridized carbons (Fsp3) is 0.483. The highest BCUT2D eigenvalue weighted by atomic mass is 14.7. The van der Waals surface area contributed by atoms with Crippen molar-refractivity contribution < 1.29 is 0 Å². The molecule has 2 N–H and O–H groups in total. The monoisotopic (exact) mass is 412 g/mol. The summed E-state index contributed by atoms with van der Waals surface area (Å²) in [5.41, 5.74) is 14.6. The van der Waals surface area contributed by atoms with Gasteiger partial charge in [-0.1, -0.05) is 81.2 Å². The molecule has 1 aromatic carbocycles. The van der Waals surface area contributed by atoms with Crippen molar-refractivity contribution in [2.75, 3.05) is 0 Å². The zero-order valence-electron chi connectivity index (χ0n) is 19.4. The fourth-order valence-corrected chi connectivity index (χ4v) is 5.53.